The molecule has 5 nitrogen and oxygen atoms in total. The summed E-state index contributed by atoms with van der Waals surface area (Å²) in [5, 5.41) is 9.27. The molecule has 2 aromatic carbocycles. The smallest absolute Gasteiger partial charge is 0.336 e. The number of para-hydroxylation sites is 1. The molecule has 0 aromatic heterocycles. The van der Waals surface area contributed by atoms with Crippen molar-refractivity contribution in [2.75, 3.05) is 18.6 Å². The third-order valence-electron chi connectivity index (χ3n) is 2.89. The molecule has 0 saturated heterocycles. The van der Waals surface area contributed by atoms with Gasteiger partial charge in [0.15, 0.2) is 0 Å². The van der Waals surface area contributed by atoms with Gasteiger partial charge in [0, 0.05) is 16.8 Å². The van der Waals surface area contributed by atoms with Gasteiger partial charge in [-0.25, -0.2) is 4.79 Å². The van der Waals surface area contributed by atoms with E-state index in [1.807, 2.05) is 0 Å². The summed E-state index contributed by atoms with van der Waals surface area (Å²) in [4.78, 5) is 11.3. The molecule has 0 spiro atoms. The highest BCUT2D eigenvalue weighted by Gasteiger charge is 2.19. The highest BCUT2D eigenvalue weighted by molar-refractivity contribution is 6.03. The molecular weight excluding hydrogens is 244 g/mol. The van der Waals surface area contributed by atoms with E-state index in [2.05, 4.69) is 0 Å². The van der Waals surface area contributed by atoms with Crippen LogP contribution < -0.4 is 16.2 Å². The van der Waals surface area contributed by atoms with Gasteiger partial charge in [0.1, 0.15) is 5.75 Å². The standard InChI is InChI=1S/C14H14N2O3/c1-19-11-7-6-9(14(17)18)12(13(11)16)8-4-2-3-5-10(8)15/h2-7H,15-16H2,1H3,(H,17,18). The van der Waals surface area contributed by atoms with Crippen LogP contribution in [0.1, 0.15) is 10.4 Å². The van der Waals surface area contributed by atoms with Gasteiger partial charge in [0.25, 0.3) is 0 Å². The number of carboxylic acids is 1. The van der Waals surface area contributed by atoms with Crippen molar-refractivity contribution in [1.82, 2.24) is 0 Å². The topological polar surface area (TPSA) is 98.6 Å². The van der Waals surface area contributed by atoms with Crippen LogP contribution in [0.5, 0.6) is 5.75 Å². The number of methoxy groups -OCH3 is 1. The molecule has 0 amide bonds. The highest BCUT2D eigenvalue weighted by atomic mass is 16.5. The molecule has 5 heteroatoms. The van der Waals surface area contributed by atoms with Crippen molar-refractivity contribution in [2.24, 2.45) is 0 Å². The Morgan fingerprint density at radius 3 is 2.42 bits per heavy atom. The van der Waals surface area contributed by atoms with E-state index in [-0.39, 0.29) is 11.3 Å². The Balaban J connectivity index is 2.80. The Bertz CT molecular complexity index is 639. The molecule has 0 heterocycles. The zero-order valence-corrected chi connectivity index (χ0v) is 10.4. The van der Waals surface area contributed by atoms with E-state index in [1.165, 1.54) is 19.2 Å². The minimum Gasteiger partial charge on any atom is -0.495 e. The van der Waals surface area contributed by atoms with Gasteiger partial charge in [0.2, 0.25) is 0 Å². The normalized spacial score (nSPS) is 10.2. The predicted molar refractivity (Wildman–Crippen MR) is 74.2 cm³/mol. The van der Waals surface area contributed by atoms with Crippen LogP contribution in [-0.2, 0) is 0 Å². The molecular formula is C14H14N2O3. The maximum Gasteiger partial charge on any atom is 0.336 e. The van der Waals surface area contributed by atoms with Gasteiger partial charge in [-0.1, -0.05) is 18.2 Å². The van der Waals surface area contributed by atoms with Gasteiger partial charge in [-0.05, 0) is 18.2 Å². The molecule has 98 valence electrons. The molecule has 0 fully saturated rings. The highest BCUT2D eigenvalue weighted by Crippen LogP contribution is 2.38. The first-order chi connectivity index (χ1) is 9.06. The number of hydrogen-bond donors (Lipinski definition) is 3. The average molecular weight is 258 g/mol. The van der Waals surface area contributed by atoms with Crippen molar-refractivity contribution in [1.29, 1.82) is 0 Å². The number of aromatic carboxylic acids is 1. The lowest BCUT2D eigenvalue weighted by Gasteiger charge is -2.14. The minimum atomic E-state index is -1.06. The van der Waals surface area contributed by atoms with E-state index in [0.717, 1.165) is 0 Å². The SMILES string of the molecule is COc1ccc(C(=O)O)c(-c2ccccc2N)c1N. The van der Waals surface area contributed by atoms with Crippen LogP contribution in [0.3, 0.4) is 0 Å². The van der Waals surface area contributed by atoms with E-state index in [4.69, 9.17) is 16.2 Å². The molecule has 2 rings (SSSR count). The Morgan fingerprint density at radius 2 is 1.84 bits per heavy atom. The van der Waals surface area contributed by atoms with Gasteiger partial charge in [-0.15, -0.1) is 0 Å². The molecule has 0 aliphatic carbocycles. The molecule has 0 saturated carbocycles. The summed E-state index contributed by atoms with van der Waals surface area (Å²) in [5.74, 6) is -0.643. The van der Waals surface area contributed by atoms with Crippen molar-refractivity contribution in [2.45, 2.75) is 0 Å². The van der Waals surface area contributed by atoms with Gasteiger partial charge < -0.3 is 21.3 Å². The Morgan fingerprint density at radius 1 is 1.16 bits per heavy atom. The second kappa shape index (κ2) is 4.89. The number of rotatable bonds is 3. The number of carbonyl (C=O) groups is 1. The quantitative estimate of drug-likeness (QED) is 0.733. The number of nitrogen functional groups attached to an aromatic ring is 2. The zero-order chi connectivity index (χ0) is 14.0. The summed E-state index contributed by atoms with van der Waals surface area (Å²) in [7, 11) is 1.48. The van der Waals surface area contributed by atoms with Crippen LogP contribution in [0.25, 0.3) is 11.1 Å². The fraction of sp³-hybridized carbons (Fsp3) is 0.0714. The van der Waals surface area contributed by atoms with E-state index in [9.17, 15) is 9.90 Å². The van der Waals surface area contributed by atoms with Crippen molar-refractivity contribution in [3.63, 3.8) is 0 Å². The number of anilines is 2. The molecule has 19 heavy (non-hydrogen) atoms. The van der Waals surface area contributed by atoms with E-state index in [1.54, 1.807) is 24.3 Å². The fourth-order valence-electron chi connectivity index (χ4n) is 1.97. The summed E-state index contributed by atoms with van der Waals surface area (Å²) in [6.45, 7) is 0. The summed E-state index contributed by atoms with van der Waals surface area (Å²) in [5.41, 5.74) is 13.7. The maximum atomic E-state index is 11.3. The van der Waals surface area contributed by atoms with Crippen LogP contribution >= 0.6 is 0 Å². The Hall–Kier alpha value is -2.69. The molecule has 0 unspecified atom stereocenters. The van der Waals surface area contributed by atoms with Gasteiger partial charge >= 0.3 is 5.97 Å². The van der Waals surface area contributed by atoms with E-state index < -0.39 is 5.97 Å². The second-order valence-electron chi connectivity index (χ2n) is 4.00. The monoisotopic (exact) mass is 258 g/mol. The first kappa shape index (κ1) is 12.8. The van der Waals surface area contributed by atoms with Gasteiger partial charge in [-0.3, -0.25) is 0 Å². The lowest BCUT2D eigenvalue weighted by molar-refractivity contribution is 0.0698. The Labute approximate surface area is 110 Å². The van der Waals surface area contributed by atoms with Gasteiger partial charge in [-0.2, -0.15) is 0 Å². The van der Waals surface area contributed by atoms with Crippen LogP contribution in [0.15, 0.2) is 36.4 Å². The van der Waals surface area contributed by atoms with Crippen LogP contribution in [0.4, 0.5) is 11.4 Å². The lowest BCUT2D eigenvalue weighted by Crippen LogP contribution is -2.05. The molecule has 0 aliphatic rings. The minimum absolute atomic E-state index is 0.0937. The lowest BCUT2D eigenvalue weighted by atomic mass is 9.96. The predicted octanol–water partition coefficient (Wildman–Crippen LogP) is 2.22. The second-order valence-corrected chi connectivity index (χ2v) is 4.00. The zero-order valence-electron chi connectivity index (χ0n) is 10.4. The third kappa shape index (κ3) is 2.18. The summed E-state index contributed by atoms with van der Waals surface area (Å²) < 4.78 is 5.12. The van der Waals surface area contributed by atoms with Gasteiger partial charge in [0.05, 0.1) is 18.4 Å². The van der Waals surface area contributed by atoms with E-state index in [0.29, 0.717) is 22.6 Å². The first-order valence-electron chi connectivity index (χ1n) is 5.61. The largest absolute Gasteiger partial charge is 0.495 e. The number of ether oxygens (including phenoxy) is 1. The fourth-order valence-corrected chi connectivity index (χ4v) is 1.97. The molecule has 5 N–H and O–H groups in total. The van der Waals surface area contributed by atoms with E-state index >= 15 is 0 Å². The number of carboxylic acid groups (broad SMARTS) is 1. The molecule has 0 bridgehead atoms. The first-order valence-corrected chi connectivity index (χ1v) is 5.61. The van der Waals surface area contributed by atoms with Crippen molar-refractivity contribution in [3.8, 4) is 16.9 Å². The number of nitrogens with two attached hydrogens (primary N) is 2. The van der Waals surface area contributed by atoms with Crippen LogP contribution in [-0.4, -0.2) is 18.2 Å². The third-order valence-corrected chi connectivity index (χ3v) is 2.89. The van der Waals surface area contributed by atoms with Crippen LogP contribution in [0.2, 0.25) is 0 Å². The average Bonchev–Trinajstić information content (AvgIpc) is 2.39. The number of benzene rings is 2. The van der Waals surface area contributed by atoms with Crippen molar-refractivity contribution < 1.29 is 14.6 Å². The summed E-state index contributed by atoms with van der Waals surface area (Å²) in [6, 6.07) is 9.96. The summed E-state index contributed by atoms with van der Waals surface area (Å²) >= 11 is 0. The Kier molecular flexibility index (Phi) is 3.29. The maximum absolute atomic E-state index is 11.3. The number of hydrogen-bond acceptors (Lipinski definition) is 4. The summed E-state index contributed by atoms with van der Waals surface area (Å²) in [6.07, 6.45) is 0. The van der Waals surface area contributed by atoms with Crippen molar-refractivity contribution >= 4 is 17.3 Å². The van der Waals surface area contributed by atoms with Crippen molar-refractivity contribution in [3.05, 3.63) is 42.0 Å². The van der Waals surface area contributed by atoms with Crippen LogP contribution in [0, 0.1) is 0 Å². The molecule has 0 atom stereocenters. The molecule has 0 radical (unpaired) electrons. The molecule has 0 aliphatic heterocycles. The molecule has 2 aromatic rings.